The summed E-state index contributed by atoms with van der Waals surface area (Å²) < 4.78 is 5.84. The number of benzene rings is 1. The Morgan fingerprint density at radius 2 is 2.04 bits per heavy atom. The van der Waals surface area contributed by atoms with Crippen molar-refractivity contribution in [1.29, 1.82) is 5.26 Å². The zero-order chi connectivity index (χ0) is 19.1. The number of hydrogen-bond acceptors (Lipinski definition) is 5. The highest BCUT2D eigenvalue weighted by molar-refractivity contribution is 6.30. The summed E-state index contributed by atoms with van der Waals surface area (Å²) in [7, 11) is 0. The lowest BCUT2D eigenvalue weighted by molar-refractivity contribution is 0.278. The minimum atomic E-state index is 0.256. The number of nitriles is 1. The standard InChI is InChI=1S/C21H25ClN4O/c1-2-3-4-15-5-9-17(10-6-15)20-25-19(13-23)21(27-20)26-24-14-16-7-11-18(22)12-8-16/h7-8,11-12,14-15,17,26H,2-6,9-10H2,1H3/b24-14+. The van der Waals surface area contributed by atoms with Gasteiger partial charge in [0, 0.05) is 10.9 Å². The number of oxazole rings is 1. The summed E-state index contributed by atoms with van der Waals surface area (Å²) in [5.74, 6) is 2.09. The van der Waals surface area contributed by atoms with Crippen molar-refractivity contribution in [1.82, 2.24) is 4.98 Å². The summed E-state index contributed by atoms with van der Waals surface area (Å²) in [4.78, 5) is 4.40. The fourth-order valence-corrected chi connectivity index (χ4v) is 3.69. The minimum Gasteiger partial charge on any atom is -0.422 e. The van der Waals surface area contributed by atoms with Crippen molar-refractivity contribution >= 4 is 23.7 Å². The van der Waals surface area contributed by atoms with Gasteiger partial charge in [-0.2, -0.15) is 10.4 Å². The van der Waals surface area contributed by atoms with Gasteiger partial charge >= 0.3 is 0 Å². The number of nitrogens with zero attached hydrogens (tertiary/aromatic N) is 3. The highest BCUT2D eigenvalue weighted by atomic mass is 35.5. The second-order valence-corrected chi connectivity index (χ2v) is 7.56. The molecule has 1 aromatic heterocycles. The van der Waals surface area contributed by atoms with Crippen molar-refractivity contribution in [3.8, 4) is 6.07 Å². The zero-order valence-electron chi connectivity index (χ0n) is 15.6. The molecular formula is C21H25ClN4O. The molecule has 3 rings (SSSR count). The number of hydrogen-bond donors (Lipinski definition) is 1. The number of rotatable bonds is 7. The van der Waals surface area contributed by atoms with Crippen LogP contribution in [0, 0.1) is 17.2 Å². The van der Waals surface area contributed by atoms with E-state index in [1.807, 2.05) is 12.1 Å². The smallest absolute Gasteiger partial charge is 0.252 e. The molecule has 1 saturated carbocycles. The number of unbranched alkanes of at least 4 members (excludes halogenated alkanes) is 1. The zero-order valence-corrected chi connectivity index (χ0v) is 16.4. The van der Waals surface area contributed by atoms with Gasteiger partial charge in [0.1, 0.15) is 6.07 Å². The van der Waals surface area contributed by atoms with E-state index in [1.165, 1.54) is 32.1 Å². The monoisotopic (exact) mass is 384 g/mol. The molecule has 142 valence electrons. The van der Waals surface area contributed by atoms with Crippen molar-refractivity contribution < 1.29 is 4.42 Å². The highest BCUT2D eigenvalue weighted by Crippen LogP contribution is 2.38. The molecule has 1 heterocycles. The number of nitrogens with one attached hydrogen (secondary N) is 1. The summed E-state index contributed by atoms with van der Waals surface area (Å²) in [6.45, 7) is 2.24. The van der Waals surface area contributed by atoms with Gasteiger partial charge in [0.05, 0.1) is 6.21 Å². The van der Waals surface area contributed by atoms with E-state index in [-0.39, 0.29) is 5.69 Å². The van der Waals surface area contributed by atoms with Gasteiger partial charge in [0.15, 0.2) is 0 Å². The summed E-state index contributed by atoms with van der Waals surface area (Å²) in [5.41, 5.74) is 3.96. The third-order valence-corrected chi connectivity index (χ3v) is 5.41. The Morgan fingerprint density at radius 3 is 2.70 bits per heavy atom. The predicted octanol–water partition coefficient (Wildman–Crippen LogP) is 6.11. The highest BCUT2D eigenvalue weighted by Gasteiger charge is 2.27. The molecule has 5 nitrogen and oxygen atoms in total. The SMILES string of the molecule is CCCCC1CCC(c2nc(C#N)c(N/N=C/c3ccc(Cl)cc3)o2)CC1. The maximum Gasteiger partial charge on any atom is 0.252 e. The molecule has 27 heavy (non-hydrogen) atoms. The first-order chi connectivity index (χ1) is 13.2. The molecule has 0 spiro atoms. The maximum atomic E-state index is 9.34. The molecule has 6 heteroatoms. The second-order valence-electron chi connectivity index (χ2n) is 7.12. The molecule has 1 aromatic carbocycles. The van der Waals surface area contributed by atoms with Crippen LogP contribution in [0.2, 0.25) is 5.02 Å². The third kappa shape index (κ3) is 5.33. The number of anilines is 1. The summed E-state index contributed by atoms with van der Waals surface area (Å²) in [5, 5.41) is 14.2. The third-order valence-electron chi connectivity index (χ3n) is 5.16. The van der Waals surface area contributed by atoms with Crippen molar-refractivity contribution in [3.05, 3.63) is 46.4 Å². The minimum absolute atomic E-state index is 0.256. The van der Waals surface area contributed by atoms with Gasteiger partial charge in [-0.25, -0.2) is 10.4 Å². The van der Waals surface area contributed by atoms with Crippen LogP contribution in [0.5, 0.6) is 0 Å². The van der Waals surface area contributed by atoms with Gasteiger partial charge in [-0.3, -0.25) is 0 Å². The fourth-order valence-electron chi connectivity index (χ4n) is 3.57. The Bertz CT molecular complexity index is 799. The summed E-state index contributed by atoms with van der Waals surface area (Å²) >= 11 is 5.87. The van der Waals surface area contributed by atoms with E-state index in [0.717, 1.165) is 24.3 Å². The quantitative estimate of drug-likeness (QED) is 0.461. The van der Waals surface area contributed by atoms with Crippen molar-refractivity contribution in [3.63, 3.8) is 0 Å². The van der Waals surface area contributed by atoms with E-state index in [2.05, 4.69) is 28.5 Å². The van der Waals surface area contributed by atoms with E-state index in [9.17, 15) is 5.26 Å². The van der Waals surface area contributed by atoms with E-state index >= 15 is 0 Å². The Kier molecular flexibility index (Phi) is 6.89. The molecule has 0 amide bonds. The van der Waals surface area contributed by atoms with Crippen LogP contribution in [0.1, 0.15) is 74.9 Å². The first-order valence-corrected chi connectivity index (χ1v) is 10.0. The van der Waals surface area contributed by atoms with Crippen molar-refractivity contribution in [2.24, 2.45) is 11.0 Å². The molecule has 0 bridgehead atoms. The average molecular weight is 385 g/mol. The van der Waals surface area contributed by atoms with Gasteiger partial charge in [0.2, 0.25) is 11.6 Å². The average Bonchev–Trinajstić information content (AvgIpc) is 3.11. The molecule has 0 unspecified atom stereocenters. The molecule has 1 aliphatic carbocycles. The van der Waals surface area contributed by atoms with Crippen LogP contribution >= 0.6 is 11.6 Å². The van der Waals surface area contributed by atoms with Gasteiger partial charge in [0.25, 0.3) is 5.88 Å². The van der Waals surface area contributed by atoms with Crippen LogP contribution in [-0.4, -0.2) is 11.2 Å². The van der Waals surface area contributed by atoms with Gasteiger partial charge in [-0.05, 0) is 49.3 Å². The van der Waals surface area contributed by atoms with E-state index < -0.39 is 0 Å². The van der Waals surface area contributed by atoms with Crippen LogP contribution in [0.25, 0.3) is 0 Å². The van der Waals surface area contributed by atoms with E-state index in [0.29, 0.717) is 22.7 Å². The molecular weight excluding hydrogens is 360 g/mol. The van der Waals surface area contributed by atoms with Crippen LogP contribution in [-0.2, 0) is 0 Å². The Morgan fingerprint density at radius 1 is 1.30 bits per heavy atom. The van der Waals surface area contributed by atoms with Gasteiger partial charge in [-0.15, -0.1) is 0 Å². The van der Waals surface area contributed by atoms with Crippen LogP contribution in [0.4, 0.5) is 5.88 Å². The summed E-state index contributed by atoms with van der Waals surface area (Å²) in [6, 6.07) is 9.41. The lowest BCUT2D eigenvalue weighted by Crippen LogP contribution is -2.13. The fraction of sp³-hybridized carbons (Fsp3) is 0.476. The first kappa shape index (κ1) is 19.4. The van der Waals surface area contributed by atoms with Crippen LogP contribution in [0.3, 0.4) is 0 Å². The first-order valence-electron chi connectivity index (χ1n) is 9.65. The van der Waals surface area contributed by atoms with Gasteiger partial charge < -0.3 is 4.42 Å². The lowest BCUT2D eigenvalue weighted by Gasteiger charge is -2.26. The van der Waals surface area contributed by atoms with Crippen LogP contribution in [0.15, 0.2) is 33.8 Å². The molecule has 0 radical (unpaired) electrons. The molecule has 0 saturated heterocycles. The summed E-state index contributed by atoms with van der Waals surface area (Å²) in [6.07, 6.45) is 10.1. The topological polar surface area (TPSA) is 74.2 Å². The maximum absolute atomic E-state index is 9.34. The van der Waals surface area contributed by atoms with E-state index in [1.54, 1.807) is 18.3 Å². The number of halogens is 1. The number of hydrazone groups is 1. The molecule has 1 aliphatic rings. The Labute approximate surface area is 165 Å². The van der Waals surface area contributed by atoms with Gasteiger partial charge in [-0.1, -0.05) is 49.9 Å². The predicted molar refractivity (Wildman–Crippen MR) is 108 cm³/mol. The van der Waals surface area contributed by atoms with Crippen molar-refractivity contribution in [2.45, 2.75) is 57.8 Å². The molecule has 0 atom stereocenters. The normalized spacial score (nSPS) is 19.9. The number of aromatic nitrogens is 1. The van der Waals surface area contributed by atoms with Crippen LogP contribution < -0.4 is 5.43 Å². The Balaban J connectivity index is 1.60. The molecule has 2 aromatic rings. The lowest BCUT2D eigenvalue weighted by atomic mass is 9.80. The second kappa shape index (κ2) is 9.57. The Hall–Kier alpha value is -2.32. The largest absolute Gasteiger partial charge is 0.422 e. The molecule has 1 fully saturated rings. The molecule has 1 N–H and O–H groups in total. The molecule has 0 aliphatic heterocycles. The van der Waals surface area contributed by atoms with Crippen molar-refractivity contribution in [2.75, 3.05) is 5.43 Å². The van der Waals surface area contributed by atoms with E-state index in [4.69, 9.17) is 16.0 Å².